The van der Waals surface area contributed by atoms with Crippen LogP contribution in [0.25, 0.3) is 5.65 Å². The summed E-state index contributed by atoms with van der Waals surface area (Å²) in [6, 6.07) is 2.05. The van der Waals surface area contributed by atoms with Crippen molar-refractivity contribution in [2.24, 2.45) is 5.92 Å². The maximum atomic E-state index is 12.3. The Hall–Kier alpha value is -1.95. The highest BCUT2D eigenvalue weighted by molar-refractivity contribution is 5.99. The first-order valence-corrected chi connectivity index (χ1v) is 8.74. The average Bonchev–Trinajstić information content (AvgIpc) is 2.97. The molecule has 1 fully saturated rings. The maximum absolute atomic E-state index is 12.3. The van der Waals surface area contributed by atoms with Crippen molar-refractivity contribution in [1.29, 1.82) is 0 Å². The van der Waals surface area contributed by atoms with E-state index in [4.69, 9.17) is 0 Å². The molecule has 0 radical (unpaired) electrons. The molecule has 1 amide bonds. The summed E-state index contributed by atoms with van der Waals surface area (Å²) in [4.78, 5) is 20.8. The molecule has 1 aliphatic heterocycles. The molecule has 0 bridgehead atoms. The fourth-order valence-electron chi connectivity index (χ4n) is 3.59. The highest BCUT2D eigenvalue weighted by Gasteiger charge is 2.25. The molecule has 1 atom stereocenters. The van der Waals surface area contributed by atoms with Crippen molar-refractivity contribution in [3.63, 3.8) is 0 Å². The summed E-state index contributed by atoms with van der Waals surface area (Å²) in [5.41, 5.74) is 2.38. The van der Waals surface area contributed by atoms with Gasteiger partial charge >= 0.3 is 0 Å². The minimum atomic E-state index is -0.0558. The van der Waals surface area contributed by atoms with E-state index in [1.807, 2.05) is 10.6 Å². The van der Waals surface area contributed by atoms with Crippen LogP contribution < -0.4 is 0 Å². The van der Waals surface area contributed by atoms with Crippen molar-refractivity contribution < 1.29 is 4.79 Å². The van der Waals surface area contributed by atoms with Gasteiger partial charge in [-0.15, -0.1) is 0 Å². The molecule has 1 aliphatic rings. The number of hydrogen-bond acceptors (Lipinski definition) is 4. The molecule has 6 nitrogen and oxygen atoms in total. The van der Waals surface area contributed by atoms with Crippen molar-refractivity contribution >= 4 is 11.6 Å². The number of amides is 1. The van der Waals surface area contributed by atoms with E-state index in [9.17, 15) is 4.79 Å². The molecule has 130 valence electrons. The van der Waals surface area contributed by atoms with Crippen LogP contribution in [0.1, 0.15) is 48.7 Å². The third-order valence-corrected chi connectivity index (χ3v) is 4.61. The Labute approximate surface area is 143 Å². The normalized spacial score (nSPS) is 19.1. The van der Waals surface area contributed by atoms with Crippen LogP contribution in [0.15, 0.2) is 18.5 Å². The zero-order chi connectivity index (χ0) is 17.3. The van der Waals surface area contributed by atoms with Gasteiger partial charge in [-0.1, -0.05) is 13.8 Å². The number of nitrogens with zero attached hydrogens (tertiary/aromatic N) is 5. The zero-order valence-corrected chi connectivity index (χ0v) is 15.1. The summed E-state index contributed by atoms with van der Waals surface area (Å²) >= 11 is 0. The van der Waals surface area contributed by atoms with Gasteiger partial charge in [0, 0.05) is 39.3 Å². The lowest BCUT2D eigenvalue weighted by molar-refractivity contribution is 0.0829. The molecule has 0 unspecified atom stereocenters. The Kier molecular flexibility index (Phi) is 4.85. The van der Waals surface area contributed by atoms with Crippen LogP contribution in [0.4, 0.5) is 0 Å². The topological polar surface area (TPSA) is 53.7 Å². The highest BCUT2D eigenvalue weighted by Crippen LogP contribution is 2.28. The van der Waals surface area contributed by atoms with Gasteiger partial charge in [0.05, 0.1) is 11.9 Å². The van der Waals surface area contributed by atoms with Crippen molar-refractivity contribution in [1.82, 2.24) is 24.4 Å². The molecule has 2 aromatic heterocycles. The van der Waals surface area contributed by atoms with Crippen molar-refractivity contribution in [3.8, 4) is 0 Å². The molecule has 3 heterocycles. The fourth-order valence-corrected chi connectivity index (χ4v) is 3.59. The van der Waals surface area contributed by atoms with E-state index in [0.29, 0.717) is 23.0 Å². The lowest BCUT2D eigenvalue weighted by Gasteiger charge is -2.33. The number of carbonyl (C=O) groups excluding carboxylic acids is 1. The molecule has 3 rings (SSSR count). The van der Waals surface area contributed by atoms with Gasteiger partial charge in [-0.3, -0.25) is 4.79 Å². The average molecular weight is 329 g/mol. The van der Waals surface area contributed by atoms with E-state index in [2.05, 4.69) is 28.8 Å². The van der Waals surface area contributed by atoms with E-state index in [1.54, 1.807) is 31.4 Å². The smallest absolute Gasteiger partial charge is 0.258 e. The number of fused-ring (bicyclic) bond motifs is 1. The Morgan fingerprint density at radius 3 is 2.92 bits per heavy atom. The minimum absolute atomic E-state index is 0.0558. The minimum Gasteiger partial charge on any atom is -0.345 e. The molecule has 2 aromatic rings. The van der Waals surface area contributed by atoms with Gasteiger partial charge in [-0.2, -0.15) is 5.10 Å². The van der Waals surface area contributed by atoms with Crippen LogP contribution >= 0.6 is 0 Å². The van der Waals surface area contributed by atoms with E-state index >= 15 is 0 Å². The van der Waals surface area contributed by atoms with Gasteiger partial charge < -0.3 is 9.80 Å². The summed E-state index contributed by atoms with van der Waals surface area (Å²) in [5.74, 6) is 1.06. The van der Waals surface area contributed by atoms with Crippen molar-refractivity contribution in [3.05, 3.63) is 29.7 Å². The molecular weight excluding hydrogens is 302 g/mol. The van der Waals surface area contributed by atoms with Crippen LogP contribution in [0.5, 0.6) is 0 Å². The number of rotatable bonds is 4. The molecule has 0 saturated carbocycles. The van der Waals surface area contributed by atoms with Crippen LogP contribution in [0.3, 0.4) is 0 Å². The first-order valence-electron chi connectivity index (χ1n) is 8.74. The first-order chi connectivity index (χ1) is 11.5. The fraction of sp³-hybridized carbons (Fsp3) is 0.611. The number of aromatic nitrogens is 3. The highest BCUT2D eigenvalue weighted by atomic mass is 16.2. The monoisotopic (exact) mass is 329 g/mol. The Morgan fingerprint density at radius 1 is 1.42 bits per heavy atom. The number of carbonyl (C=O) groups is 1. The van der Waals surface area contributed by atoms with Gasteiger partial charge in [0.15, 0.2) is 5.65 Å². The molecular formula is C18H27N5O. The molecule has 0 N–H and O–H groups in total. The lowest BCUT2D eigenvalue weighted by Crippen LogP contribution is -2.37. The molecule has 6 heteroatoms. The molecule has 0 spiro atoms. The van der Waals surface area contributed by atoms with Crippen LogP contribution in [-0.4, -0.2) is 64.0 Å². The number of hydrogen-bond donors (Lipinski definition) is 0. The van der Waals surface area contributed by atoms with Crippen molar-refractivity contribution in [2.75, 3.05) is 33.7 Å². The summed E-state index contributed by atoms with van der Waals surface area (Å²) in [6.45, 7) is 7.89. The third kappa shape index (κ3) is 3.29. The lowest BCUT2D eigenvalue weighted by atomic mass is 9.94. The molecule has 1 saturated heterocycles. The first kappa shape index (κ1) is 16.9. The van der Waals surface area contributed by atoms with Gasteiger partial charge in [-0.05, 0) is 31.4 Å². The van der Waals surface area contributed by atoms with Gasteiger partial charge in [0.25, 0.3) is 5.91 Å². The molecule has 0 aliphatic carbocycles. The third-order valence-electron chi connectivity index (χ3n) is 4.61. The molecule has 0 aromatic carbocycles. The van der Waals surface area contributed by atoms with E-state index < -0.39 is 0 Å². The van der Waals surface area contributed by atoms with Gasteiger partial charge in [0.2, 0.25) is 0 Å². The summed E-state index contributed by atoms with van der Waals surface area (Å²) in [7, 11) is 3.50. The second-order valence-corrected chi connectivity index (χ2v) is 7.36. The van der Waals surface area contributed by atoms with Gasteiger partial charge in [-0.25, -0.2) is 9.50 Å². The number of likely N-dealkylation sites (tertiary alicyclic amines) is 1. The predicted octanol–water partition coefficient (Wildman–Crippen LogP) is 2.27. The van der Waals surface area contributed by atoms with Crippen molar-refractivity contribution in [2.45, 2.75) is 32.6 Å². The Morgan fingerprint density at radius 2 is 2.21 bits per heavy atom. The summed E-state index contributed by atoms with van der Waals surface area (Å²) < 4.78 is 1.86. The van der Waals surface area contributed by atoms with Gasteiger partial charge in [0.1, 0.15) is 5.56 Å². The quantitative estimate of drug-likeness (QED) is 0.863. The summed E-state index contributed by atoms with van der Waals surface area (Å²) in [6.07, 6.45) is 5.81. The van der Waals surface area contributed by atoms with Crippen LogP contribution in [0.2, 0.25) is 0 Å². The standard InChI is InChI=1S/C18H27N5O/c1-13(2)11-22-9-5-6-14(12-22)16-7-8-19-17-15(10-20-23(16)17)18(24)21(3)4/h7-8,10,13-14H,5-6,9,11-12H2,1-4H3/t14-/m1/s1. The second kappa shape index (κ2) is 6.89. The maximum Gasteiger partial charge on any atom is 0.258 e. The van der Waals surface area contributed by atoms with E-state index in [0.717, 1.165) is 25.2 Å². The summed E-state index contributed by atoms with van der Waals surface area (Å²) in [5, 5.41) is 4.47. The Bertz CT molecular complexity index is 721. The zero-order valence-electron chi connectivity index (χ0n) is 15.1. The van der Waals surface area contributed by atoms with Crippen LogP contribution in [-0.2, 0) is 0 Å². The van der Waals surface area contributed by atoms with E-state index in [1.165, 1.54) is 13.0 Å². The Balaban J connectivity index is 1.91. The SMILES string of the molecule is CC(C)CN1CCC[C@@H](c2ccnc3c(C(=O)N(C)C)cnn23)C1. The predicted molar refractivity (Wildman–Crippen MR) is 94.3 cm³/mol. The van der Waals surface area contributed by atoms with E-state index in [-0.39, 0.29) is 5.91 Å². The van der Waals surface area contributed by atoms with Crippen LogP contribution in [0, 0.1) is 5.92 Å². The largest absolute Gasteiger partial charge is 0.345 e. The molecule has 24 heavy (non-hydrogen) atoms. The second-order valence-electron chi connectivity index (χ2n) is 7.36. The number of piperidine rings is 1.